The minimum absolute atomic E-state index is 0.000101. The Labute approximate surface area is 180 Å². The van der Waals surface area contributed by atoms with Gasteiger partial charge < -0.3 is 24.7 Å². The molecule has 2 N–H and O–H groups in total. The number of hydrogen-bond acceptors (Lipinski definition) is 5. The van der Waals surface area contributed by atoms with E-state index in [9.17, 15) is 9.59 Å². The normalized spacial score (nSPS) is 14.4. The Morgan fingerprint density at radius 2 is 1.81 bits per heavy atom. The minimum Gasteiger partial charge on any atom is -0.494 e. The van der Waals surface area contributed by atoms with Gasteiger partial charge in [0.25, 0.3) is 11.8 Å². The highest BCUT2D eigenvalue weighted by molar-refractivity contribution is 5.97. The lowest BCUT2D eigenvalue weighted by atomic mass is 10.0. The van der Waals surface area contributed by atoms with Gasteiger partial charge in [-0.05, 0) is 62.2 Å². The number of aromatic amines is 1. The van der Waals surface area contributed by atoms with Gasteiger partial charge in [0.05, 0.1) is 24.0 Å². The zero-order chi connectivity index (χ0) is 21.6. The maximum atomic E-state index is 12.8. The van der Waals surface area contributed by atoms with E-state index in [1.807, 2.05) is 36.1 Å². The van der Waals surface area contributed by atoms with Crippen LogP contribution in [0.1, 0.15) is 30.1 Å². The molecule has 31 heavy (non-hydrogen) atoms. The third kappa shape index (κ3) is 5.14. The molecule has 2 heterocycles. The van der Waals surface area contributed by atoms with Gasteiger partial charge in [0.15, 0.2) is 6.61 Å². The molecular weight excluding hydrogens is 396 g/mol. The van der Waals surface area contributed by atoms with Crippen molar-refractivity contribution in [3.63, 3.8) is 0 Å². The van der Waals surface area contributed by atoms with Crippen molar-refractivity contribution < 1.29 is 19.1 Å². The number of nitrogens with one attached hydrogen (secondary N) is 2. The van der Waals surface area contributed by atoms with Crippen LogP contribution in [-0.4, -0.2) is 59.0 Å². The van der Waals surface area contributed by atoms with Gasteiger partial charge in [0.2, 0.25) is 0 Å². The molecule has 3 aromatic rings. The predicted molar refractivity (Wildman–Crippen MR) is 116 cm³/mol. The first-order valence-corrected chi connectivity index (χ1v) is 10.5. The lowest BCUT2D eigenvalue weighted by Crippen LogP contribution is -2.47. The number of likely N-dealkylation sites (tertiary alicyclic amines) is 1. The number of H-pyrrole nitrogens is 1. The number of benzene rings is 2. The quantitative estimate of drug-likeness (QED) is 0.610. The van der Waals surface area contributed by atoms with E-state index in [1.165, 1.54) is 0 Å². The van der Waals surface area contributed by atoms with E-state index in [4.69, 9.17) is 9.47 Å². The van der Waals surface area contributed by atoms with Crippen molar-refractivity contribution >= 4 is 22.8 Å². The highest BCUT2D eigenvalue weighted by Crippen LogP contribution is 2.19. The topological polar surface area (TPSA) is 96.6 Å². The fourth-order valence-corrected chi connectivity index (χ4v) is 3.70. The molecule has 1 saturated heterocycles. The summed E-state index contributed by atoms with van der Waals surface area (Å²) >= 11 is 0. The predicted octanol–water partition coefficient (Wildman–Crippen LogP) is 2.76. The summed E-state index contributed by atoms with van der Waals surface area (Å²) in [6.07, 6.45) is 3.05. The Kier molecular flexibility index (Phi) is 6.35. The van der Waals surface area contributed by atoms with E-state index in [1.54, 1.807) is 24.5 Å². The van der Waals surface area contributed by atoms with Gasteiger partial charge in [0.1, 0.15) is 11.5 Å². The summed E-state index contributed by atoms with van der Waals surface area (Å²) in [7, 11) is 0. The van der Waals surface area contributed by atoms with E-state index >= 15 is 0 Å². The molecule has 4 rings (SSSR count). The lowest BCUT2D eigenvalue weighted by Gasteiger charge is -2.32. The number of hydrogen-bond donors (Lipinski definition) is 2. The summed E-state index contributed by atoms with van der Waals surface area (Å²) in [5, 5.41) is 3.00. The van der Waals surface area contributed by atoms with Gasteiger partial charge in [-0.1, -0.05) is 0 Å². The molecule has 0 spiro atoms. The first-order valence-electron chi connectivity index (χ1n) is 10.5. The summed E-state index contributed by atoms with van der Waals surface area (Å²) in [5.41, 5.74) is 2.33. The Bertz CT molecular complexity index is 1040. The maximum absolute atomic E-state index is 12.8. The zero-order valence-electron chi connectivity index (χ0n) is 17.5. The monoisotopic (exact) mass is 422 g/mol. The molecule has 1 aliphatic rings. The first-order chi connectivity index (χ1) is 15.1. The number of ether oxygens (including phenoxy) is 2. The molecule has 1 aromatic heterocycles. The number of carbonyl (C=O) groups is 2. The smallest absolute Gasteiger partial charge is 0.258 e. The summed E-state index contributed by atoms with van der Waals surface area (Å²) in [5.74, 6) is 1.22. The molecular formula is C23H26N4O4. The largest absolute Gasteiger partial charge is 0.494 e. The average molecular weight is 422 g/mol. The van der Waals surface area contributed by atoms with Crippen LogP contribution in [0.4, 0.5) is 0 Å². The molecule has 0 unspecified atom stereocenters. The third-order valence-electron chi connectivity index (χ3n) is 5.32. The molecule has 8 heteroatoms. The highest BCUT2D eigenvalue weighted by Gasteiger charge is 2.25. The van der Waals surface area contributed by atoms with Gasteiger partial charge in [-0.2, -0.15) is 0 Å². The van der Waals surface area contributed by atoms with Gasteiger partial charge in [-0.15, -0.1) is 0 Å². The summed E-state index contributed by atoms with van der Waals surface area (Å²) < 4.78 is 10.9. The van der Waals surface area contributed by atoms with Crippen molar-refractivity contribution in [1.29, 1.82) is 0 Å². The summed E-state index contributed by atoms with van der Waals surface area (Å²) in [4.78, 5) is 34.1. The molecule has 0 aliphatic carbocycles. The number of fused-ring (bicyclic) bond motifs is 1. The van der Waals surface area contributed by atoms with E-state index < -0.39 is 0 Å². The van der Waals surface area contributed by atoms with Crippen LogP contribution < -0.4 is 14.8 Å². The minimum atomic E-state index is -0.164. The molecule has 162 valence electrons. The second-order valence-electron chi connectivity index (χ2n) is 7.46. The highest BCUT2D eigenvalue weighted by atomic mass is 16.5. The van der Waals surface area contributed by atoms with Crippen molar-refractivity contribution in [2.24, 2.45) is 0 Å². The van der Waals surface area contributed by atoms with Crippen LogP contribution in [0.2, 0.25) is 0 Å². The summed E-state index contributed by atoms with van der Waals surface area (Å²) in [6.45, 7) is 3.69. The van der Waals surface area contributed by atoms with Crippen LogP contribution in [0.25, 0.3) is 11.0 Å². The van der Waals surface area contributed by atoms with Crippen LogP contribution in [0.3, 0.4) is 0 Å². The number of imidazole rings is 1. The molecule has 2 aromatic carbocycles. The van der Waals surface area contributed by atoms with Crippen molar-refractivity contribution in [3.05, 3.63) is 54.4 Å². The molecule has 0 saturated carbocycles. The fourth-order valence-electron chi connectivity index (χ4n) is 3.70. The first kappa shape index (κ1) is 20.7. The molecule has 1 aliphatic heterocycles. The van der Waals surface area contributed by atoms with E-state index in [-0.39, 0.29) is 24.5 Å². The number of nitrogens with zero attached hydrogens (tertiary/aromatic N) is 2. The Hall–Kier alpha value is -3.55. The van der Waals surface area contributed by atoms with Crippen LogP contribution in [0.15, 0.2) is 48.8 Å². The van der Waals surface area contributed by atoms with Crippen LogP contribution >= 0.6 is 0 Å². The second-order valence-corrected chi connectivity index (χ2v) is 7.46. The average Bonchev–Trinajstić information content (AvgIpc) is 3.27. The second kappa shape index (κ2) is 9.51. The van der Waals surface area contributed by atoms with Crippen molar-refractivity contribution in [2.75, 3.05) is 26.3 Å². The van der Waals surface area contributed by atoms with Crippen LogP contribution in [-0.2, 0) is 4.79 Å². The maximum Gasteiger partial charge on any atom is 0.258 e. The summed E-state index contributed by atoms with van der Waals surface area (Å²) in [6, 6.07) is 12.7. The van der Waals surface area contributed by atoms with E-state index in [0.717, 1.165) is 16.8 Å². The number of amides is 2. The van der Waals surface area contributed by atoms with Crippen molar-refractivity contribution in [1.82, 2.24) is 20.2 Å². The van der Waals surface area contributed by atoms with Crippen molar-refractivity contribution in [3.8, 4) is 11.5 Å². The third-order valence-corrected chi connectivity index (χ3v) is 5.32. The van der Waals surface area contributed by atoms with Gasteiger partial charge in [-0.25, -0.2) is 4.98 Å². The van der Waals surface area contributed by atoms with Gasteiger partial charge in [-0.3, -0.25) is 9.59 Å². The van der Waals surface area contributed by atoms with Crippen molar-refractivity contribution in [2.45, 2.75) is 25.8 Å². The molecule has 0 bridgehead atoms. The molecule has 0 radical (unpaired) electrons. The molecule has 2 amide bonds. The Morgan fingerprint density at radius 1 is 1.10 bits per heavy atom. The standard InChI is InChI=1S/C23H26N4O4/c1-2-30-18-4-6-19(7-5-18)31-14-22(28)26-17-9-11-27(12-10-17)23(29)16-3-8-20-21(13-16)25-15-24-20/h3-8,13,15,17H,2,9-12,14H2,1H3,(H,24,25)(H,26,28). The van der Waals surface area contributed by atoms with E-state index in [0.29, 0.717) is 43.9 Å². The molecule has 1 fully saturated rings. The van der Waals surface area contributed by atoms with Crippen LogP contribution in [0, 0.1) is 0 Å². The number of piperidine rings is 1. The fraction of sp³-hybridized carbons (Fsp3) is 0.348. The SMILES string of the molecule is CCOc1ccc(OCC(=O)NC2CCN(C(=O)c3ccc4nc[nH]c4c3)CC2)cc1. The number of carbonyl (C=O) groups excluding carboxylic acids is 2. The number of rotatable bonds is 7. The zero-order valence-corrected chi connectivity index (χ0v) is 17.5. The molecule has 8 nitrogen and oxygen atoms in total. The van der Waals surface area contributed by atoms with Crippen LogP contribution in [0.5, 0.6) is 11.5 Å². The number of aromatic nitrogens is 2. The Morgan fingerprint density at radius 3 is 2.52 bits per heavy atom. The lowest BCUT2D eigenvalue weighted by molar-refractivity contribution is -0.124. The Balaban J connectivity index is 1.22. The molecule has 0 atom stereocenters. The van der Waals surface area contributed by atoms with E-state index in [2.05, 4.69) is 15.3 Å². The van der Waals surface area contributed by atoms with Gasteiger partial charge in [0, 0.05) is 24.7 Å². The van der Waals surface area contributed by atoms with Gasteiger partial charge >= 0.3 is 0 Å².